The van der Waals surface area contributed by atoms with E-state index in [1.54, 1.807) is 24.5 Å². The summed E-state index contributed by atoms with van der Waals surface area (Å²) >= 11 is 5.95. The molecule has 0 aliphatic carbocycles. The van der Waals surface area contributed by atoms with Crippen LogP contribution in [-0.2, 0) is 6.54 Å². The summed E-state index contributed by atoms with van der Waals surface area (Å²) in [6.45, 7) is 4.81. The van der Waals surface area contributed by atoms with Gasteiger partial charge in [0.05, 0.1) is 0 Å². The molecule has 4 rings (SSSR count). The molecular weight excluding hydrogens is 322 g/mol. The van der Waals surface area contributed by atoms with Crippen molar-refractivity contribution in [2.75, 3.05) is 26.2 Å². The summed E-state index contributed by atoms with van der Waals surface area (Å²) in [5.41, 5.74) is 2.03. The topological polar surface area (TPSA) is 36.4 Å². The highest BCUT2D eigenvalue weighted by atomic mass is 35.5. The molecule has 124 valence electrons. The highest BCUT2D eigenvalue weighted by Gasteiger charge is 2.41. The Bertz CT molecular complexity index is 705. The third-order valence-electron chi connectivity index (χ3n) is 5.10. The van der Waals surface area contributed by atoms with Crippen molar-refractivity contribution in [3.8, 4) is 0 Å². The van der Waals surface area contributed by atoms with Gasteiger partial charge in [-0.25, -0.2) is 0 Å². The lowest BCUT2D eigenvalue weighted by Gasteiger charge is -2.21. The fourth-order valence-corrected chi connectivity index (χ4v) is 4.04. The van der Waals surface area contributed by atoms with Gasteiger partial charge in [-0.3, -0.25) is 14.7 Å². The largest absolute Gasteiger partial charge is 0.338 e. The number of aromatic nitrogens is 1. The van der Waals surface area contributed by atoms with Crippen LogP contribution in [0.2, 0.25) is 5.02 Å². The van der Waals surface area contributed by atoms with Gasteiger partial charge in [0.2, 0.25) is 0 Å². The van der Waals surface area contributed by atoms with Crippen LogP contribution >= 0.6 is 11.6 Å². The van der Waals surface area contributed by atoms with Crippen LogP contribution in [0.15, 0.2) is 48.8 Å². The highest BCUT2D eigenvalue weighted by Crippen LogP contribution is 2.32. The van der Waals surface area contributed by atoms with E-state index in [1.807, 2.05) is 17.0 Å². The minimum atomic E-state index is 0.135. The number of rotatable bonds is 3. The van der Waals surface area contributed by atoms with E-state index >= 15 is 0 Å². The van der Waals surface area contributed by atoms with Gasteiger partial charge >= 0.3 is 0 Å². The summed E-state index contributed by atoms with van der Waals surface area (Å²) in [6.07, 6.45) is 3.36. The number of carbonyl (C=O) groups excluding carboxylic acids is 1. The number of hydrogen-bond donors (Lipinski definition) is 0. The number of nitrogens with zero attached hydrogens (tertiary/aromatic N) is 3. The lowest BCUT2D eigenvalue weighted by Crippen LogP contribution is -2.33. The van der Waals surface area contributed by atoms with Crippen molar-refractivity contribution in [2.45, 2.75) is 6.54 Å². The smallest absolute Gasteiger partial charge is 0.253 e. The van der Waals surface area contributed by atoms with E-state index < -0.39 is 0 Å². The van der Waals surface area contributed by atoms with Crippen molar-refractivity contribution in [1.82, 2.24) is 14.8 Å². The van der Waals surface area contributed by atoms with Gasteiger partial charge in [-0.15, -0.1) is 0 Å². The normalized spacial score (nSPS) is 23.5. The Morgan fingerprint density at radius 3 is 2.25 bits per heavy atom. The van der Waals surface area contributed by atoms with E-state index in [1.165, 1.54) is 5.56 Å². The second-order valence-electron chi connectivity index (χ2n) is 6.79. The molecule has 4 nitrogen and oxygen atoms in total. The Hall–Kier alpha value is -1.91. The zero-order valence-corrected chi connectivity index (χ0v) is 14.2. The quantitative estimate of drug-likeness (QED) is 0.861. The first-order valence-electron chi connectivity index (χ1n) is 8.35. The molecule has 0 bridgehead atoms. The van der Waals surface area contributed by atoms with Crippen molar-refractivity contribution in [2.24, 2.45) is 11.8 Å². The maximum atomic E-state index is 12.6. The Morgan fingerprint density at radius 2 is 1.62 bits per heavy atom. The van der Waals surface area contributed by atoms with Crippen LogP contribution in [0, 0.1) is 11.8 Å². The minimum Gasteiger partial charge on any atom is -0.338 e. The van der Waals surface area contributed by atoms with Crippen LogP contribution < -0.4 is 0 Å². The van der Waals surface area contributed by atoms with Crippen molar-refractivity contribution in [1.29, 1.82) is 0 Å². The second kappa shape index (κ2) is 6.54. The van der Waals surface area contributed by atoms with E-state index in [2.05, 4.69) is 22.0 Å². The van der Waals surface area contributed by atoms with Gasteiger partial charge in [-0.1, -0.05) is 23.7 Å². The van der Waals surface area contributed by atoms with Gasteiger partial charge < -0.3 is 4.90 Å². The molecule has 2 aliphatic heterocycles. The molecule has 2 atom stereocenters. The summed E-state index contributed by atoms with van der Waals surface area (Å²) < 4.78 is 0. The number of amides is 1. The fraction of sp³-hybridized carbons (Fsp3) is 0.368. The highest BCUT2D eigenvalue weighted by molar-refractivity contribution is 6.30. The Labute approximate surface area is 147 Å². The first-order valence-corrected chi connectivity index (χ1v) is 8.73. The zero-order chi connectivity index (χ0) is 16.5. The molecular formula is C19H20ClN3O. The number of benzene rings is 1. The molecule has 0 N–H and O–H groups in total. The number of pyridine rings is 1. The molecule has 0 spiro atoms. The summed E-state index contributed by atoms with van der Waals surface area (Å²) in [5.74, 6) is 1.31. The molecule has 0 unspecified atom stereocenters. The van der Waals surface area contributed by atoms with E-state index in [0.29, 0.717) is 11.8 Å². The molecule has 0 saturated carbocycles. The number of hydrogen-bond acceptors (Lipinski definition) is 3. The molecule has 1 aromatic heterocycles. The monoisotopic (exact) mass is 341 g/mol. The molecule has 5 heteroatoms. The van der Waals surface area contributed by atoms with Gasteiger partial charge in [0, 0.05) is 55.7 Å². The maximum Gasteiger partial charge on any atom is 0.253 e. The van der Waals surface area contributed by atoms with Crippen molar-refractivity contribution < 1.29 is 4.79 Å². The summed E-state index contributed by atoms with van der Waals surface area (Å²) in [4.78, 5) is 21.0. The molecule has 24 heavy (non-hydrogen) atoms. The van der Waals surface area contributed by atoms with Crippen LogP contribution in [0.3, 0.4) is 0 Å². The van der Waals surface area contributed by atoms with E-state index in [0.717, 1.165) is 43.3 Å². The summed E-state index contributed by atoms with van der Waals surface area (Å²) in [5, 5.41) is 0.780. The predicted molar refractivity (Wildman–Crippen MR) is 93.8 cm³/mol. The predicted octanol–water partition coefficient (Wildman–Crippen LogP) is 2.94. The molecule has 0 radical (unpaired) electrons. The molecule has 3 heterocycles. The van der Waals surface area contributed by atoms with Crippen molar-refractivity contribution in [3.05, 3.63) is 64.9 Å². The van der Waals surface area contributed by atoms with Gasteiger partial charge in [-0.2, -0.15) is 0 Å². The average molecular weight is 342 g/mol. The minimum absolute atomic E-state index is 0.135. The van der Waals surface area contributed by atoms with E-state index in [4.69, 9.17) is 11.6 Å². The van der Waals surface area contributed by atoms with Gasteiger partial charge in [-0.05, 0) is 41.7 Å². The molecule has 1 amide bonds. The van der Waals surface area contributed by atoms with E-state index in [9.17, 15) is 4.79 Å². The van der Waals surface area contributed by atoms with Gasteiger partial charge in [0.25, 0.3) is 5.91 Å². The number of likely N-dealkylation sites (tertiary alicyclic amines) is 2. The zero-order valence-electron chi connectivity index (χ0n) is 13.4. The Kier molecular flexibility index (Phi) is 4.25. The molecule has 1 aromatic carbocycles. The second-order valence-corrected chi connectivity index (χ2v) is 7.22. The molecule has 2 saturated heterocycles. The number of carbonyl (C=O) groups is 1. The first-order chi connectivity index (χ1) is 11.7. The summed E-state index contributed by atoms with van der Waals surface area (Å²) in [7, 11) is 0. The lowest BCUT2D eigenvalue weighted by molar-refractivity contribution is 0.0773. The fourth-order valence-electron chi connectivity index (χ4n) is 3.91. The number of halogens is 1. The SMILES string of the molecule is O=C(c1ccncc1)N1C[C@H]2CN(Cc3ccc(Cl)cc3)C[C@@H]2C1. The van der Waals surface area contributed by atoms with Crippen LogP contribution in [0.25, 0.3) is 0 Å². The lowest BCUT2D eigenvalue weighted by atomic mass is 10.0. The first kappa shape index (κ1) is 15.6. The van der Waals surface area contributed by atoms with Crippen molar-refractivity contribution >= 4 is 17.5 Å². The van der Waals surface area contributed by atoms with Crippen LogP contribution in [-0.4, -0.2) is 46.9 Å². The molecule has 2 aromatic rings. The maximum absolute atomic E-state index is 12.6. The van der Waals surface area contributed by atoms with Crippen LogP contribution in [0.1, 0.15) is 15.9 Å². The molecule has 2 aliphatic rings. The molecule has 2 fully saturated rings. The standard InChI is InChI=1S/C19H20ClN3O/c20-18-3-1-14(2-4-18)9-22-10-16-12-23(13-17(16)11-22)19(24)15-5-7-21-8-6-15/h1-8,16-17H,9-13H2/t16-,17-/m1/s1. The third-order valence-corrected chi connectivity index (χ3v) is 5.35. The van der Waals surface area contributed by atoms with Gasteiger partial charge in [0.1, 0.15) is 0 Å². The van der Waals surface area contributed by atoms with Crippen LogP contribution in [0.4, 0.5) is 0 Å². The summed E-state index contributed by atoms with van der Waals surface area (Å²) in [6, 6.07) is 11.7. The van der Waals surface area contributed by atoms with Crippen LogP contribution in [0.5, 0.6) is 0 Å². The van der Waals surface area contributed by atoms with Gasteiger partial charge in [0.15, 0.2) is 0 Å². The van der Waals surface area contributed by atoms with Crippen molar-refractivity contribution in [3.63, 3.8) is 0 Å². The Balaban J connectivity index is 1.35. The Morgan fingerprint density at radius 1 is 1.00 bits per heavy atom. The van der Waals surface area contributed by atoms with E-state index in [-0.39, 0.29) is 5.91 Å². The third kappa shape index (κ3) is 3.17. The number of fused-ring (bicyclic) bond motifs is 1. The average Bonchev–Trinajstić information content (AvgIpc) is 3.15.